The van der Waals surface area contributed by atoms with Crippen molar-refractivity contribution >= 4 is 11.7 Å². The SMILES string of the molecule is CCCCCCCCCCCCCCCCCCCC(=O)CCCCCCCCCCCCCCCCCCCCCCCCCCCCCC(=O)N[C@H](CO)CCCCCCCCCCCCCCCC. The van der Waals surface area contributed by atoms with E-state index in [4.69, 9.17) is 0 Å². The van der Waals surface area contributed by atoms with Gasteiger partial charge in [0.15, 0.2) is 0 Å². The molecule has 0 aliphatic heterocycles. The minimum absolute atomic E-state index is 0.0588. The summed E-state index contributed by atoms with van der Waals surface area (Å²) < 4.78 is 0. The van der Waals surface area contributed by atoms with Crippen molar-refractivity contribution < 1.29 is 14.7 Å². The molecule has 0 aromatic rings. The summed E-state index contributed by atoms with van der Waals surface area (Å²) in [5.74, 6) is 0.661. The van der Waals surface area contributed by atoms with Gasteiger partial charge in [-0.15, -0.1) is 0 Å². The van der Waals surface area contributed by atoms with Gasteiger partial charge >= 0.3 is 0 Å². The molecular formula is C68H135NO3. The Hall–Kier alpha value is -0.900. The first-order valence-electron chi connectivity index (χ1n) is 34.1. The zero-order chi connectivity index (χ0) is 52.0. The molecule has 4 heteroatoms. The quantitative estimate of drug-likeness (QED) is 0.0597. The summed E-state index contributed by atoms with van der Waals surface area (Å²) >= 11 is 0. The van der Waals surface area contributed by atoms with Crippen LogP contribution in [0.15, 0.2) is 0 Å². The fraction of sp³-hybridized carbons (Fsp3) is 0.971. The van der Waals surface area contributed by atoms with Crippen LogP contribution in [-0.4, -0.2) is 29.4 Å². The minimum atomic E-state index is -0.0588. The second-order valence-corrected chi connectivity index (χ2v) is 23.8. The van der Waals surface area contributed by atoms with Crippen molar-refractivity contribution in [1.82, 2.24) is 5.32 Å². The van der Waals surface area contributed by atoms with E-state index < -0.39 is 0 Å². The molecule has 1 amide bonds. The van der Waals surface area contributed by atoms with Gasteiger partial charge in [-0.2, -0.15) is 0 Å². The normalized spacial score (nSPS) is 12.0. The van der Waals surface area contributed by atoms with E-state index in [0.29, 0.717) is 12.2 Å². The molecule has 0 radical (unpaired) electrons. The Morgan fingerprint density at radius 2 is 0.444 bits per heavy atom. The van der Waals surface area contributed by atoms with Gasteiger partial charge in [0.05, 0.1) is 12.6 Å². The average Bonchev–Trinajstić information content (AvgIpc) is 3.38. The lowest BCUT2D eigenvalue weighted by atomic mass is 10.0. The van der Waals surface area contributed by atoms with E-state index in [2.05, 4.69) is 19.2 Å². The number of rotatable bonds is 65. The first kappa shape index (κ1) is 71.1. The molecule has 2 N–H and O–H groups in total. The van der Waals surface area contributed by atoms with Crippen molar-refractivity contribution in [3.63, 3.8) is 0 Å². The number of aliphatic hydroxyl groups excluding tert-OH is 1. The van der Waals surface area contributed by atoms with Crippen LogP contribution in [0.25, 0.3) is 0 Å². The Morgan fingerprint density at radius 1 is 0.264 bits per heavy atom. The number of hydrogen-bond donors (Lipinski definition) is 2. The maximum atomic E-state index is 12.4. The molecule has 0 heterocycles. The van der Waals surface area contributed by atoms with Gasteiger partial charge in [-0.25, -0.2) is 0 Å². The number of nitrogens with one attached hydrogen (secondary N) is 1. The standard InChI is InChI=1S/C68H135NO3/c1-3-5-7-9-11-13-15-17-19-31-34-38-42-46-50-54-58-62-67(71)63-59-55-51-47-43-39-35-32-29-27-25-23-21-20-22-24-26-28-30-33-36-40-44-48-52-56-60-64-68(72)69-66(65-70)61-57-53-49-45-41-37-18-16-14-12-10-8-6-4-2/h66,70H,3-65H2,1-2H3,(H,69,72)/t66-/m0/s1. The largest absolute Gasteiger partial charge is 0.394 e. The van der Waals surface area contributed by atoms with Crippen molar-refractivity contribution in [3.8, 4) is 0 Å². The number of aliphatic hydroxyl groups is 1. The number of carbonyl (C=O) groups is 2. The first-order chi connectivity index (χ1) is 35.6. The summed E-state index contributed by atoms with van der Waals surface area (Å²) in [6, 6.07) is -0.0588. The number of amides is 1. The predicted molar refractivity (Wildman–Crippen MR) is 322 cm³/mol. The predicted octanol–water partition coefficient (Wildman–Crippen LogP) is 23.3. The highest BCUT2D eigenvalue weighted by atomic mass is 16.3. The second kappa shape index (κ2) is 64.4. The third-order valence-corrected chi connectivity index (χ3v) is 16.4. The number of unbranched alkanes of at least 4 members (excludes halogenated alkanes) is 55. The van der Waals surface area contributed by atoms with Crippen LogP contribution >= 0.6 is 0 Å². The molecule has 0 fully saturated rings. The van der Waals surface area contributed by atoms with Gasteiger partial charge in [0.2, 0.25) is 5.91 Å². The van der Waals surface area contributed by atoms with Gasteiger partial charge < -0.3 is 10.4 Å². The molecule has 0 rings (SSSR count). The van der Waals surface area contributed by atoms with Crippen LogP contribution in [0.1, 0.15) is 412 Å². The summed E-state index contributed by atoms with van der Waals surface area (Å²) in [5.41, 5.74) is 0. The summed E-state index contributed by atoms with van der Waals surface area (Å²) in [5, 5.41) is 12.9. The molecule has 72 heavy (non-hydrogen) atoms. The molecule has 0 saturated heterocycles. The maximum absolute atomic E-state index is 12.4. The van der Waals surface area contributed by atoms with E-state index in [1.54, 1.807) is 0 Å². The van der Waals surface area contributed by atoms with Crippen LogP contribution in [0.3, 0.4) is 0 Å². The molecule has 0 aromatic heterocycles. The van der Waals surface area contributed by atoms with Crippen molar-refractivity contribution in [1.29, 1.82) is 0 Å². The van der Waals surface area contributed by atoms with Crippen LogP contribution < -0.4 is 5.32 Å². The van der Waals surface area contributed by atoms with E-state index in [-0.39, 0.29) is 18.6 Å². The average molecular weight is 1010 g/mol. The number of ketones is 1. The van der Waals surface area contributed by atoms with Crippen molar-refractivity contribution in [2.24, 2.45) is 0 Å². The number of carbonyl (C=O) groups excluding carboxylic acids is 2. The lowest BCUT2D eigenvalue weighted by Crippen LogP contribution is -2.37. The molecule has 0 aliphatic carbocycles. The van der Waals surface area contributed by atoms with Gasteiger partial charge in [0, 0.05) is 19.3 Å². The second-order valence-electron chi connectivity index (χ2n) is 23.8. The number of Topliss-reactive ketones (excluding diaryl/α,β-unsaturated/α-hetero) is 1. The summed E-state index contributed by atoms with van der Waals surface area (Å²) in [7, 11) is 0. The van der Waals surface area contributed by atoms with Crippen LogP contribution in [0.2, 0.25) is 0 Å². The zero-order valence-electron chi connectivity index (χ0n) is 49.9. The molecule has 430 valence electrons. The lowest BCUT2D eigenvalue weighted by Gasteiger charge is -2.16. The van der Waals surface area contributed by atoms with Crippen LogP contribution in [0.4, 0.5) is 0 Å². The third-order valence-electron chi connectivity index (χ3n) is 16.4. The molecule has 0 spiro atoms. The molecule has 0 unspecified atom stereocenters. The molecule has 0 saturated carbocycles. The molecule has 0 bridgehead atoms. The minimum Gasteiger partial charge on any atom is -0.394 e. The van der Waals surface area contributed by atoms with Crippen molar-refractivity contribution in [2.45, 2.75) is 418 Å². The Morgan fingerprint density at radius 3 is 0.653 bits per heavy atom. The summed E-state index contributed by atoms with van der Waals surface area (Å²) in [6.07, 6.45) is 82.8. The molecule has 0 aromatic carbocycles. The first-order valence-corrected chi connectivity index (χ1v) is 34.1. The van der Waals surface area contributed by atoms with Crippen molar-refractivity contribution in [2.75, 3.05) is 6.61 Å². The van der Waals surface area contributed by atoms with Gasteiger partial charge in [-0.3, -0.25) is 9.59 Å². The molecular weight excluding hydrogens is 879 g/mol. The van der Waals surface area contributed by atoms with Gasteiger partial charge in [-0.1, -0.05) is 367 Å². The highest BCUT2D eigenvalue weighted by Crippen LogP contribution is 2.19. The maximum Gasteiger partial charge on any atom is 0.220 e. The lowest BCUT2D eigenvalue weighted by molar-refractivity contribution is -0.122. The van der Waals surface area contributed by atoms with E-state index in [9.17, 15) is 14.7 Å². The fourth-order valence-corrected chi connectivity index (χ4v) is 11.3. The van der Waals surface area contributed by atoms with E-state index >= 15 is 0 Å². The smallest absolute Gasteiger partial charge is 0.220 e. The van der Waals surface area contributed by atoms with Gasteiger partial charge in [0.1, 0.15) is 5.78 Å². The Bertz CT molecular complexity index is 1010. The van der Waals surface area contributed by atoms with Crippen LogP contribution in [0, 0.1) is 0 Å². The monoisotopic (exact) mass is 1010 g/mol. The Kier molecular flexibility index (Phi) is 63.6. The Labute approximate surface area is 454 Å². The molecule has 4 nitrogen and oxygen atoms in total. The van der Waals surface area contributed by atoms with Crippen LogP contribution in [-0.2, 0) is 9.59 Å². The van der Waals surface area contributed by atoms with Crippen LogP contribution in [0.5, 0.6) is 0 Å². The zero-order valence-corrected chi connectivity index (χ0v) is 49.9. The molecule has 1 atom stereocenters. The third kappa shape index (κ3) is 61.6. The van der Waals surface area contributed by atoms with Gasteiger partial charge in [-0.05, 0) is 25.7 Å². The van der Waals surface area contributed by atoms with Gasteiger partial charge in [0.25, 0.3) is 0 Å². The van der Waals surface area contributed by atoms with E-state index in [0.717, 1.165) is 51.4 Å². The summed E-state index contributed by atoms with van der Waals surface area (Å²) in [4.78, 5) is 24.8. The molecule has 0 aliphatic rings. The number of hydrogen-bond acceptors (Lipinski definition) is 3. The summed E-state index contributed by atoms with van der Waals surface area (Å²) in [6.45, 7) is 4.66. The van der Waals surface area contributed by atoms with Crippen molar-refractivity contribution in [3.05, 3.63) is 0 Å². The topological polar surface area (TPSA) is 66.4 Å². The fourth-order valence-electron chi connectivity index (χ4n) is 11.3. The highest BCUT2D eigenvalue weighted by molar-refractivity contribution is 5.78. The highest BCUT2D eigenvalue weighted by Gasteiger charge is 2.11. The van der Waals surface area contributed by atoms with E-state index in [1.165, 1.54) is 340 Å². The van der Waals surface area contributed by atoms with E-state index in [1.807, 2.05) is 0 Å². The Balaban J connectivity index is 3.26.